The van der Waals surface area contributed by atoms with Crippen LogP contribution >= 0.6 is 0 Å². The third-order valence-corrected chi connectivity index (χ3v) is 3.36. The first-order valence-electron chi connectivity index (χ1n) is 7.51. The van der Waals surface area contributed by atoms with Gasteiger partial charge in [0.25, 0.3) is 0 Å². The minimum absolute atomic E-state index is 0.0938. The number of rotatable bonds is 3. The van der Waals surface area contributed by atoms with Gasteiger partial charge >= 0.3 is 12.7 Å². The van der Waals surface area contributed by atoms with Gasteiger partial charge in [0.05, 0.1) is 6.04 Å². The Morgan fingerprint density at radius 3 is 2.52 bits per heavy atom. The lowest BCUT2D eigenvalue weighted by Crippen LogP contribution is -2.50. The van der Waals surface area contributed by atoms with Crippen molar-refractivity contribution < 1.29 is 23.0 Å². The van der Waals surface area contributed by atoms with E-state index in [4.69, 9.17) is 4.74 Å². The summed E-state index contributed by atoms with van der Waals surface area (Å²) in [5.74, 6) is 0.0938. The van der Waals surface area contributed by atoms with Gasteiger partial charge in [0.1, 0.15) is 11.4 Å². The largest absolute Gasteiger partial charge is 0.444 e. The van der Waals surface area contributed by atoms with Crippen molar-refractivity contribution in [2.75, 3.05) is 19.6 Å². The van der Waals surface area contributed by atoms with E-state index in [9.17, 15) is 13.6 Å². The summed E-state index contributed by atoms with van der Waals surface area (Å²) in [5, 5.41) is 3.23. The third kappa shape index (κ3) is 5.06. The molecular formula is C16H22F2N2O3. The number of hydrogen-bond acceptors (Lipinski definition) is 4. The zero-order valence-electron chi connectivity index (χ0n) is 13.5. The highest BCUT2D eigenvalue weighted by atomic mass is 19.3. The summed E-state index contributed by atoms with van der Waals surface area (Å²) in [6.45, 7) is 4.39. The summed E-state index contributed by atoms with van der Waals surface area (Å²) >= 11 is 0. The van der Waals surface area contributed by atoms with Gasteiger partial charge in [-0.05, 0) is 38.5 Å². The molecule has 0 radical (unpaired) electrons. The maximum atomic E-state index is 12.4. The van der Waals surface area contributed by atoms with Crippen molar-refractivity contribution >= 4 is 6.09 Å². The first-order chi connectivity index (χ1) is 10.8. The second-order valence-electron chi connectivity index (χ2n) is 6.34. The molecule has 1 amide bonds. The molecular weight excluding hydrogens is 306 g/mol. The van der Waals surface area contributed by atoms with Crippen molar-refractivity contribution in [2.45, 2.75) is 39.0 Å². The Kier molecular flexibility index (Phi) is 5.41. The third-order valence-electron chi connectivity index (χ3n) is 3.36. The monoisotopic (exact) mass is 328 g/mol. The first kappa shape index (κ1) is 17.5. The fourth-order valence-corrected chi connectivity index (χ4v) is 2.41. The SMILES string of the molecule is CC(C)(C)OC(=O)N1CCNCC1c1ccc(OC(F)F)cc1. The smallest absolute Gasteiger partial charge is 0.410 e. The van der Waals surface area contributed by atoms with Crippen LogP contribution in [0.4, 0.5) is 13.6 Å². The number of carbonyl (C=O) groups is 1. The molecule has 1 fully saturated rings. The van der Waals surface area contributed by atoms with Crippen LogP contribution in [0.15, 0.2) is 24.3 Å². The van der Waals surface area contributed by atoms with E-state index in [0.29, 0.717) is 19.6 Å². The topological polar surface area (TPSA) is 50.8 Å². The highest BCUT2D eigenvalue weighted by molar-refractivity contribution is 5.69. The molecule has 1 aromatic rings. The molecule has 1 saturated heterocycles. The van der Waals surface area contributed by atoms with E-state index in [2.05, 4.69) is 10.1 Å². The standard InChI is InChI=1S/C16H22F2N2O3/c1-16(2,3)23-15(21)20-9-8-19-10-13(20)11-4-6-12(7-5-11)22-14(17)18/h4-7,13-14,19H,8-10H2,1-3H3. The summed E-state index contributed by atoms with van der Waals surface area (Å²) in [5.41, 5.74) is 0.270. The van der Waals surface area contributed by atoms with Crippen LogP contribution in [-0.2, 0) is 4.74 Å². The molecule has 0 spiro atoms. The number of nitrogens with zero attached hydrogens (tertiary/aromatic N) is 1. The minimum atomic E-state index is -2.85. The number of nitrogens with one attached hydrogen (secondary N) is 1. The van der Waals surface area contributed by atoms with Crippen LogP contribution in [-0.4, -0.2) is 42.8 Å². The van der Waals surface area contributed by atoms with Crippen molar-refractivity contribution in [1.29, 1.82) is 0 Å². The van der Waals surface area contributed by atoms with E-state index in [1.165, 1.54) is 12.1 Å². The zero-order chi connectivity index (χ0) is 17.0. The fourth-order valence-electron chi connectivity index (χ4n) is 2.41. The Morgan fingerprint density at radius 2 is 1.96 bits per heavy atom. The van der Waals surface area contributed by atoms with E-state index >= 15 is 0 Å². The minimum Gasteiger partial charge on any atom is -0.444 e. The highest BCUT2D eigenvalue weighted by Gasteiger charge is 2.31. The molecule has 0 aromatic heterocycles. The molecule has 0 saturated carbocycles. The van der Waals surface area contributed by atoms with Gasteiger partial charge in [-0.1, -0.05) is 12.1 Å². The number of benzene rings is 1. The predicted octanol–water partition coefficient (Wildman–Crippen LogP) is 3.17. The first-order valence-corrected chi connectivity index (χ1v) is 7.51. The maximum absolute atomic E-state index is 12.4. The Morgan fingerprint density at radius 1 is 1.30 bits per heavy atom. The molecule has 1 aromatic carbocycles. The van der Waals surface area contributed by atoms with Gasteiger partial charge in [-0.15, -0.1) is 0 Å². The van der Waals surface area contributed by atoms with E-state index in [1.54, 1.807) is 17.0 Å². The summed E-state index contributed by atoms with van der Waals surface area (Å²) in [6.07, 6.45) is -0.378. The van der Waals surface area contributed by atoms with Gasteiger partial charge in [-0.2, -0.15) is 8.78 Å². The summed E-state index contributed by atoms with van der Waals surface area (Å²) < 4.78 is 34.2. The average Bonchev–Trinajstić information content (AvgIpc) is 2.46. The predicted molar refractivity (Wildman–Crippen MR) is 81.6 cm³/mol. The van der Waals surface area contributed by atoms with Crippen LogP contribution in [0.25, 0.3) is 0 Å². The van der Waals surface area contributed by atoms with E-state index in [-0.39, 0.29) is 17.9 Å². The Bertz CT molecular complexity index is 529. The molecule has 128 valence electrons. The van der Waals surface area contributed by atoms with Gasteiger partial charge in [0, 0.05) is 19.6 Å². The van der Waals surface area contributed by atoms with Crippen LogP contribution in [0.3, 0.4) is 0 Å². The molecule has 2 rings (SSSR count). The number of halogens is 2. The molecule has 1 N–H and O–H groups in total. The Labute approximate surface area is 134 Å². The zero-order valence-corrected chi connectivity index (χ0v) is 13.5. The molecule has 1 atom stereocenters. The van der Waals surface area contributed by atoms with Gasteiger partial charge in [0.2, 0.25) is 0 Å². The van der Waals surface area contributed by atoms with E-state index in [1.807, 2.05) is 20.8 Å². The van der Waals surface area contributed by atoms with E-state index in [0.717, 1.165) is 5.56 Å². The quantitative estimate of drug-likeness (QED) is 0.926. The number of ether oxygens (including phenoxy) is 2. The highest BCUT2D eigenvalue weighted by Crippen LogP contribution is 2.26. The molecule has 0 bridgehead atoms. The molecule has 1 aliphatic rings. The number of piperazine rings is 1. The maximum Gasteiger partial charge on any atom is 0.410 e. The Balaban J connectivity index is 2.13. The van der Waals surface area contributed by atoms with Gasteiger partial charge in [-0.3, -0.25) is 4.90 Å². The molecule has 5 nitrogen and oxygen atoms in total. The second-order valence-corrected chi connectivity index (χ2v) is 6.34. The molecule has 1 unspecified atom stereocenters. The van der Waals surface area contributed by atoms with Crippen molar-refractivity contribution in [3.05, 3.63) is 29.8 Å². The van der Waals surface area contributed by atoms with Gasteiger partial charge < -0.3 is 14.8 Å². The lowest BCUT2D eigenvalue weighted by atomic mass is 10.0. The van der Waals surface area contributed by atoms with Gasteiger partial charge in [-0.25, -0.2) is 4.79 Å². The molecule has 7 heteroatoms. The van der Waals surface area contributed by atoms with Crippen molar-refractivity contribution in [3.8, 4) is 5.75 Å². The fraction of sp³-hybridized carbons (Fsp3) is 0.562. The number of amides is 1. The number of alkyl halides is 2. The molecule has 0 aliphatic carbocycles. The molecule has 1 heterocycles. The van der Waals surface area contributed by atoms with E-state index < -0.39 is 12.2 Å². The average molecular weight is 328 g/mol. The van der Waals surface area contributed by atoms with Crippen LogP contribution in [0.1, 0.15) is 32.4 Å². The number of hydrogen-bond donors (Lipinski definition) is 1. The van der Waals surface area contributed by atoms with Crippen molar-refractivity contribution in [2.24, 2.45) is 0 Å². The Hall–Kier alpha value is -1.89. The number of carbonyl (C=O) groups excluding carboxylic acids is 1. The molecule has 23 heavy (non-hydrogen) atoms. The van der Waals surface area contributed by atoms with Crippen LogP contribution in [0.5, 0.6) is 5.75 Å². The lowest BCUT2D eigenvalue weighted by molar-refractivity contribution is -0.0498. The van der Waals surface area contributed by atoms with Crippen molar-refractivity contribution in [1.82, 2.24) is 10.2 Å². The van der Waals surface area contributed by atoms with Crippen molar-refractivity contribution in [3.63, 3.8) is 0 Å². The summed E-state index contributed by atoms with van der Waals surface area (Å²) in [7, 11) is 0. The van der Waals surface area contributed by atoms with Crippen LogP contribution < -0.4 is 10.1 Å². The summed E-state index contributed by atoms with van der Waals surface area (Å²) in [4.78, 5) is 14.0. The van der Waals surface area contributed by atoms with Crippen LogP contribution in [0, 0.1) is 0 Å². The van der Waals surface area contributed by atoms with Gasteiger partial charge in [0.15, 0.2) is 0 Å². The summed E-state index contributed by atoms with van der Waals surface area (Å²) in [6, 6.07) is 6.12. The molecule has 1 aliphatic heterocycles. The lowest BCUT2D eigenvalue weighted by Gasteiger charge is -2.37. The second kappa shape index (κ2) is 7.12. The normalized spacial score (nSPS) is 18.9. The van der Waals surface area contributed by atoms with Crippen LogP contribution in [0.2, 0.25) is 0 Å².